The minimum atomic E-state index is -0.337. The van der Waals surface area contributed by atoms with Crippen LogP contribution in [0, 0.1) is 0 Å². The van der Waals surface area contributed by atoms with Crippen LogP contribution < -0.4 is 10.6 Å². The average molecular weight is 387 g/mol. The van der Waals surface area contributed by atoms with Crippen LogP contribution in [0.15, 0.2) is 24.4 Å². The van der Waals surface area contributed by atoms with E-state index < -0.39 is 0 Å². The molecule has 28 heavy (non-hydrogen) atoms. The smallest absolute Gasteiger partial charge is 0.407 e. The summed E-state index contributed by atoms with van der Waals surface area (Å²) in [6.45, 7) is 4.70. The van der Waals surface area contributed by atoms with E-state index in [1.54, 1.807) is 0 Å². The van der Waals surface area contributed by atoms with E-state index in [1.807, 2.05) is 46.3 Å². The van der Waals surface area contributed by atoms with Gasteiger partial charge in [0.2, 0.25) is 0 Å². The Kier molecular flexibility index (Phi) is 6.51. The van der Waals surface area contributed by atoms with Crippen molar-refractivity contribution in [2.75, 3.05) is 19.4 Å². The normalized spacial score (nSPS) is 19.2. The molecule has 3 N–H and O–H groups in total. The molecule has 2 aromatic rings. The Bertz CT molecular complexity index is 771. The summed E-state index contributed by atoms with van der Waals surface area (Å²) in [6, 6.07) is 6.11. The SMILES string of the molecule is CC(C)NC(=O)OC1CCC(c2cc(Nc3ccc(CN(C)C)cn3)n[nH]2)C1. The number of aromatic amines is 1. The summed E-state index contributed by atoms with van der Waals surface area (Å²) >= 11 is 0. The number of carbonyl (C=O) groups is 1. The molecule has 0 bridgehead atoms. The molecule has 1 fully saturated rings. The maximum absolute atomic E-state index is 11.8. The third kappa shape index (κ3) is 5.69. The van der Waals surface area contributed by atoms with E-state index >= 15 is 0 Å². The molecule has 3 rings (SSSR count). The first-order valence-electron chi connectivity index (χ1n) is 9.78. The topological polar surface area (TPSA) is 95.2 Å². The second kappa shape index (κ2) is 9.05. The van der Waals surface area contributed by atoms with Gasteiger partial charge < -0.3 is 20.3 Å². The van der Waals surface area contributed by atoms with Crippen molar-refractivity contribution in [1.29, 1.82) is 0 Å². The number of hydrogen-bond acceptors (Lipinski definition) is 6. The first-order valence-corrected chi connectivity index (χ1v) is 9.78. The zero-order valence-electron chi connectivity index (χ0n) is 17.0. The molecule has 2 atom stereocenters. The molecule has 2 heterocycles. The van der Waals surface area contributed by atoms with Crippen molar-refractivity contribution in [1.82, 2.24) is 25.4 Å². The van der Waals surface area contributed by atoms with Crippen molar-refractivity contribution in [3.63, 3.8) is 0 Å². The van der Waals surface area contributed by atoms with Gasteiger partial charge in [-0.1, -0.05) is 6.07 Å². The molecule has 2 unspecified atom stereocenters. The predicted molar refractivity (Wildman–Crippen MR) is 109 cm³/mol. The summed E-state index contributed by atoms with van der Waals surface area (Å²) in [4.78, 5) is 18.3. The number of pyridine rings is 1. The third-order valence-electron chi connectivity index (χ3n) is 4.68. The molecule has 8 nitrogen and oxygen atoms in total. The number of nitrogens with zero attached hydrogens (tertiary/aromatic N) is 3. The Morgan fingerprint density at radius 1 is 1.32 bits per heavy atom. The molecular weight excluding hydrogens is 356 g/mol. The first-order chi connectivity index (χ1) is 13.4. The van der Waals surface area contributed by atoms with E-state index in [2.05, 4.69) is 36.8 Å². The number of alkyl carbamates (subject to hydrolysis) is 1. The Morgan fingerprint density at radius 2 is 2.14 bits per heavy atom. The first kappa shape index (κ1) is 20.1. The van der Waals surface area contributed by atoms with Gasteiger partial charge in [-0.15, -0.1) is 0 Å². The van der Waals surface area contributed by atoms with Crippen LogP contribution in [0.1, 0.15) is 50.3 Å². The fraction of sp³-hybridized carbons (Fsp3) is 0.550. The Labute approximate surface area is 166 Å². The maximum atomic E-state index is 11.8. The van der Waals surface area contributed by atoms with Gasteiger partial charge in [-0.3, -0.25) is 5.10 Å². The van der Waals surface area contributed by atoms with Gasteiger partial charge >= 0.3 is 6.09 Å². The lowest BCUT2D eigenvalue weighted by atomic mass is 10.0. The van der Waals surface area contributed by atoms with Crippen molar-refractivity contribution in [3.05, 3.63) is 35.7 Å². The lowest BCUT2D eigenvalue weighted by molar-refractivity contribution is 0.0981. The zero-order chi connectivity index (χ0) is 20.1. The van der Waals surface area contributed by atoms with Gasteiger partial charge in [0.05, 0.1) is 0 Å². The minimum absolute atomic E-state index is 0.0469. The van der Waals surface area contributed by atoms with Crippen LogP contribution >= 0.6 is 0 Å². The van der Waals surface area contributed by atoms with Crippen LogP contribution in [0.3, 0.4) is 0 Å². The molecule has 0 aliphatic heterocycles. The zero-order valence-corrected chi connectivity index (χ0v) is 17.0. The number of H-pyrrole nitrogens is 1. The second-order valence-electron chi connectivity index (χ2n) is 7.96. The molecule has 1 saturated carbocycles. The van der Waals surface area contributed by atoms with E-state index in [-0.39, 0.29) is 18.2 Å². The van der Waals surface area contributed by atoms with Crippen LogP contribution in [0.5, 0.6) is 0 Å². The molecule has 152 valence electrons. The quantitative estimate of drug-likeness (QED) is 0.675. The summed E-state index contributed by atoms with van der Waals surface area (Å²) in [7, 11) is 4.07. The highest BCUT2D eigenvalue weighted by atomic mass is 16.6. The van der Waals surface area contributed by atoms with Crippen molar-refractivity contribution < 1.29 is 9.53 Å². The minimum Gasteiger partial charge on any atom is -0.446 e. The largest absolute Gasteiger partial charge is 0.446 e. The number of hydrogen-bond donors (Lipinski definition) is 3. The van der Waals surface area contributed by atoms with E-state index in [0.29, 0.717) is 5.92 Å². The molecule has 0 aromatic carbocycles. The fourth-order valence-electron chi connectivity index (χ4n) is 3.45. The fourth-order valence-corrected chi connectivity index (χ4v) is 3.45. The molecule has 0 radical (unpaired) electrons. The number of anilines is 2. The van der Waals surface area contributed by atoms with Gasteiger partial charge in [-0.05, 0) is 58.8 Å². The van der Waals surface area contributed by atoms with Crippen LogP contribution in [0.4, 0.5) is 16.4 Å². The molecule has 0 saturated heterocycles. The molecular formula is C20H30N6O2. The van der Waals surface area contributed by atoms with E-state index in [1.165, 1.54) is 0 Å². The van der Waals surface area contributed by atoms with Crippen molar-refractivity contribution in [3.8, 4) is 0 Å². The predicted octanol–water partition coefficient (Wildman–Crippen LogP) is 3.38. The summed E-state index contributed by atoms with van der Waals surface area (Å²) < 4.78 is 5.50. The number of ether oxygens (including phenoxy) is 1. The molecule has 1 aliphatic carbocycles. The van der Waals surface area contributed by atoms with Crippen molar-refractivity contribution in [2.24, 2.45) is 0 Å². The van der Waals surface area contributed by atoms with Crippen molar-refractivity contribution >= 4 is 17.7 Å². The standard InChI is InChI=1S/C20H30N6O2/c1-13(2)22-20(27)28-16-7-6-15(9-16)17-10-19(25-24-17)23-18-8-5-14(11-21-18)12-26(3)4/h5,8,10-11,13,15-16H,6-7,9,12H2,1-4H3,(H,22,27)(H2,21,23,24,25). The highest BCUT2D eigenvalue weighted by Gasteiger charge is 2.30. The molecule has 1 amide bonds. The number of rotatable bonds is 7. The van der Waals surface area contributed by atoms with Gasteiger partial charge in [0, 0.05) is 36.5 Å². The van der Waals surface area contributed by atoms with E-state index in [9.17, 15) is 4.79 Å². The average Bonchev–Trinajstić information content (AvgIpc) is 3.25. The van der Waals surface area contributed by atoms with Gasteiger partial charge in [0.25, 0.3) is 0 Å². The molecule has 2 aromatic heterocycles. The van der Waals surface area contributed by atoms with Gasteiger partial charge in [0.15, 0.2) is 5.82 Å². The number of aromatic nitrogens is 3. The lowest BCUT2D eigenvalue weighted by Gasteiger charge is -2.14. The summed E-state index contributed by atoms with van der Waals surface area (Å²) in [6.07, 6.45) is 4.14. The van der Waals surface area contributed by atoms with Crippen LogP contribution in [0.2, 0.25) is 0 Å². The second-order valence-corrected chi connectivity index (χ2v) is 7.96. The number of carbonyl (C=O) groups excluding carboxylic acids is 1. The Hall–Kier alpha value is -2.61. The molecule has 8 heteroatoms. The van der Waals surface area contributed by atoms with Crippen molar-refractivity contribution in [2.45, 2.75) is 57.7 Å². The van der Waals surface area contributed by atoms with Gasteiger partial charge in [-0.25, -0.2) is 9.78 Å². The Balaban J connectivity index is 1.52. The summed E-state index contributed by atoms with van der Waals surface area (Å²) in [5, 5.41) is 13.5. The molecule has 0 spiro atoms. The summed E-state index contributed by atoms with van der Waals surface area (Å²) in [5.74, 6) is 1.82. The van der Waals surface area contributed by atoms with Crippen LogP contribution in [-0.4, -0.2) is 52.4 Å². The monoisotopic (exact) mass is 386 g/mol. The van der Waals surface area contributed by atoms with E-state index in [0.717, 1.165) is 48.7 Å². The van der Waals surface area contributed by atoms with Gasteiger partial charge in [0.1, 0.15) is 11.9 Å². The number of amides is 1. The number of nitrogens with one attached hydrogen (secondary N) is 3. The van der Waals surface area contributed by atoms with E-state index in [4.69, 9.17) is 4.74 Å². The Morgan fingerprint density at radius 3 is 2.82 bits per heavy atom. The maximum Gasteiger partial charge on any atom is 0.407 e. The summed E-state index contributed by atoms with van der Waals surface area (Å²) in [5.41, 5.74) is 2.22. The van der Waals surface area contributed by atoms with Crippen LogP contribution in [-0.2, 0) is 11.3 Å². The van der Waals surface area contributed by atoms with Crippen LogP contribution in [0.25, 0.3) is 0 Å². The highest BCUT2D eigenvalue weighted by Crippen LogP contribution is 2.36. The third-order valence-corrected chi connectivity index (χ3v) is 4.68. The highest BCUT2D eigenvalue weighted by molar-refractivity contribution is 5.67. The van der Waals surface area contributed by atoms with Gasteiger partial charge in [-0.2, -0.15) is 5.10 Å². The lowest BCUT2D eigenvalue weighted by Crippen LogP contribution is -2.33. The molecule has 1 aliphatic rings.